The lowest BCUT2D eigenvalue weighted by Crippen LogP contribution is -2.50. The van der Waals surface area contributed by atoms with E-state index in [0.29, 0.717) is 5.56 Å². The second-order valence-corrected chi connectivity index (χ2v) is 13.8. The van der Waals surface area contributed by atoms with Crippen LogP contribution in [0.25, 0.3) is 0 Å². The predicted molar refractivity (Wildman–Crippen MR) is 174 cm³/mol. The summed E-state index contributed by atoms with van der Waals surface area (Å²) < 4.78 is 22.1. The third kappa shape index (κ3) is 9.27. The molecule has 4 rings (SSSR count). The number of benzene rings is 3. The van der Waals surface area contributed by atoms with E-state index in [-0.39, 0.29) is 46.6 Å². The normalized spacial score (nSPS) is 14.7. The molecule has 0 heterocycles. The molecule has 0 amide bonds. The molecule has 47 heavy (non-hydrogen) atoms. The van der Waals surface area contributed by atoms with E-state index in [9.17, 15) is 24.3 Å². The average Bonchev–Trinajstić information content (AvgIpc) is 2.98. The lowest BCUT2D eigenvalue weighted by molar-refractivity contribution is -0.143. The molecule has 0 spiro atoms. The lowest BCUT2D eigenvalue weighted by Gasteiger charge is -2.37. The second-order valence-electron chi connectivity index (χ2n) is 13.8. The largest absolute Gasteiger partial charge is 0.426 e. The summed E-state index contributed by atoms with van der Waals surface area (Å²) in [6, 6.07) is 16.5. The molecule has 1 unspecified atom stereocenters. The van der Waals surface area contributed by atoms with Crippen LogP contribution in [0.4, 0.5) is 0 Å². The maximum Gasteiger partial charge on any atom is 0.343 e. The highest BCUT2D eigenvalue weighted by atomic mass is 16.6. The lowest BCUT2D eigenvalue weighted by atomic mass is 9.89. The van der Waals surface area contributed by atoms with Crippen molar-refractivity contribution >= 4 is 23.9 Å². The number of esters is 4. The van der Waals surface area contributed by atoms with Gasteiger partial charge in [0.15, 0.2) is 0 Å². The van der Waals surface area contributed by atoms with E-state index in [1.165, 1.54) is 66.7 Å². The van der Waals surface area contributed by atoms with Crippen molar-refractivity contribution in [3.05, 3.63) is 83.4 Å². The first-order valence-electron chi connectivity index (χ1n) is 15.7. The van der Waals surface area contributed by atoms with Crippen LogP contribution in [0.5, 0.6) is 23.0 Å². The van der Waals surface area contributed by atoms with Gasteiger partial charge < -0.3 is 24.1 Å². The van der Waals surface area contributed by atoms with Crippen molar-refractivity contribution in [2.45, 2.75) is 85.9 Å². The topological polar surface area (TPSA) is 137 Å². The SMILES string of the molecule is CCC(O)(NC1CCC1)c1cc(OC(=O)c2ccc(OC(=O)C(C)(C)C)cc2)cc(OC(=O)c2ccc(OC(=O)C(C)(C)C)cc2)c1. The van der Waals surface area contributed by atoms with Crippen molar-refractivity contribution in [3.63, 3.8) is 0 Å². The molecular weight excluding hydrogens is 602 g/mol. The molecular formula is C37H43NO9. The van der Waals surface area contributed by atoms with Gasteiger partial charge in [-0.05, 0) is 121 Å². The first-order valence-corrected chi connectivity index (χ1v) is 15.7. The number of nitrogens with one attached hydrogen (secondary N) is 1. The molecule has 10 nitrogen and oxygen atoms in total. The summed E-state index contributed by atoms with van der Waals surface area (Å²) in [6.45, 7) is 12.3. The Bertz CT molecular complexity index is 1510. The van der Waals surface area contributed by atoms with Crippen LogP contribution < -0.4 is 24.3 Å². The minimum absolute atomic E-state index is 0.0465. The smallest absolute Gasteiger partial charge is 0.343 e. The molecule has 1 aliphatic rings. The molecule has 3 aromatic carbocycles. The van der Waals surface area contributed by atoms with E-state index in [1.807, 2.05) is 6.92 Å². The van der Waals surface area contributed by atoms with Crippen LogP contribution in [0.3, 0.4) is 0 Å². The van der Waals surface area contributed by atoms with E-state index in [1.54, 1.807) is 41.5 Å². The number of carbonyl (C=O) groups is 4. The monoisotopic (exact) mass is 645 g/mol. The Hall–Kier alpha value is -4.54. The third-order valence-corrected chi connectivity index (χ3v) is 7.66. The van der Waals surface area contributed by atoms with Gasteiger partial charge in [-0.2, -0.15) is 0 Å². The van der Waals surface area contributed by atoms with Crippen molar-refractivity contribution in [1.82, 2.24) is 5.32 Å². The maximum absolute atomic E-state index is 13.1. The maximum atomic E-state index is 13.1. The summed E-state index contributed by atoms with van der Waals surface area (Å²) in [4.78, 5) is 50.7. The van der Waals surface area contributed by atoms with Crippen LogP contribution in [0.2, 0.25) is 0 Å². The molecule has 0 saturated heterocycles. The van der Waals surface area contributed by atoms with Crippen LogP contribution in [-0.2, 0) is 15.3 Å². The fourth-order valence-electron chi connectivity index (χ4n) is 4.38. The van der Waals surface area contributed by atoms with Crippen LogP contribution >= 0.6 is 0 Å². The molecule has 0 aliphatic heterocycles. The Morgan fingerprint density at radius 3 is 1.38 bits per heavy atom. The summed E-state index contributed by atoms with van der Waals surface area (Å²) in [5.74, 6) is -1.58. The van der Waals surface area contributed by atoms with Crippen molar-refractivity contribution in [2.24, 2.45) is 10.8 Å². The van der Waals surface area contributed by atoms with E-state index in [0.717, 1.165) is 19.3 Å². The molecule has 0 aromatic heterocycles. The molecule has 3 aromatic rings. The molecule has 10 heteroatoms. The van der Waals surface area contributed by atoms with Crippen LogP contribution in [0.15, 0.2) is 66.7 Å². The quantitative estimate of drug-likeness (QED) is 0.139. The molecule has 2 N–H and O–H groups in total. The molecule has 250 valence electrons. The zero-order chi connectivity index (χ0) is 34.6. The van der Waals surface area contributed by atoms with E-state index < -0.39 is 40.4 Å². The van der Waals surface area contributed by atoms with E-state index >= 15 is 0 Å². The third-order valence-electron chi connectivity index (χ3n) is 7.66. The van der Waals surface area contributed by atoms with Gasteiger partial charge in [-0.15, -0.1) is 0 Å². The fraction of sp³-hybridized carbons (Fsp3) is 0.405. The van der Waals surface area contributed by atoms with Crippen molar-refractivity contribution < 1.29 is 43.2 Å². The van der Waals surface area contributed by atoms with Gasteiger partial charge in [0.2, 0.25) is 0 Å². The first kappa shape index (κ1) is 35.3. The minimum Gasteiger partial charge on any atom is -0.426 e. The highest BCUT2D eigenvalue weighted by molar-refractivity contribution is 5.92. The molecule has 1 aliphatic carbocycles. The number of rotatable bonds is 10. The van der Waals surface area contributed by atoms with Gasteiger partial charge >= 0.3 is 23.9 Å². The summed E-state index contributed by atoms with van der Waals surface area (Å²) in [5.41, 5.74) is -2.13. The summed E-state index contributed by atoms with van der Waals surface area (Å²) in [7, 11) is 0. The zero-order valence-electron chi connectivity index (χ0n) is 28.0. The highest BCUT2D eigenvalue weighted by Crippen LogP contribution is 2.34. The standard InChI is InChI=1S/C37H43NO9/c1-8-37(43,38-26-10-9-11-26)25-20-29(44-31(39)23-12-16-27(17-13-23)46-33(41)35(2,3)4)22-30(21-25)45-32(40)24-14-18-28(19-15-24)47-34(42)36(5,6)7/h12-22,26,38,43H,8-11H2,1-7H3. The molecule has 0 radical (unpaired) electrons. The van der Waals surface area contributed by atoms with Crippen LogP contribution in [-0.4, -0.2) is 35.0 Å². The predicted octanol–water partition coefficient (Wildman–Crippen LogP) is 6.73. The van der Waals surface area contributed by atoms with Gasteiger partial charge in [0, 0.05) is 17.7 Å². The van der Waals surface area contributed by atoms with Crippen molar-refractivity contribution in [3.8, 4) is 23.0 Å². The molecule has 1 fully saturated rings. The van der Waals surface area contributed by atoms with E-state index in [2.05, 4.69) is 5.32 Å². The van der Waals surface area contributed by atoms with Gasteiger partial charge in [-0.3, -0.25) is 14.9 Å². The average molecular weight is 646 g/mol. The summed E-state index contributed by atoms with van der Waals surface area (Å²) in [5, 5.41) is 14.9. The Balaban J connectivity index is 1.56. The fourth-order valence-corrected chi connectivity index (χ4v) is 4.38. The highest BCUT2D eigenvalue weighted by Gasteiger charge is 2.34. The van der Waals surface area contributed by atoms with Gasteiger partial charge in [-0.25, -0.2) is 9.59 Å². The number of ether oxygens (including phenoxy) is 4. The Morgan fingerprint density at radius 1 is 0.660 bits per heavy atom. The van der Waals surface area contributed by atoms with Crippen LogP contribution in [0.1, 0.15) is 100 Å². The Kier molecular flexibility index (Phi) is 10.6. The van der Waals surface area contributed by atoms with Gasteiger partial charge in [0.05, 0.1) is 22.0 Å². The first-order chi connectivity index (χ1) is 22.0. The van der Waals surface area contributed by atoms with Crippen molar-refractivity contribution in [2.75, 3.05) is 0 Å². The minimum atomic E-state index is -1.48. The van der Waals surface area contributed by atoms with Gasteiger partial charge in [-0.1, -0.05) is 13.3 Å². The number of carbonyl (C=O) groups excluding carboxylic acids is 4. The molecule has 1 atom stereocenters. The van der Waals surface area contributed by atoms with E-state index in [4.69, 9.17) is 18.9 Å². The second kappa shape index (κ2) is 14.1. The number of hydrogen-bond donors (Lipinski definition) is 2. The van der Waals surface area contributed by atoms with Crippen molar-refractivity contribution in [1.29, 1.82) is 0 Å². The number of aliphatic hydroxyl groups is 1. The van der Waals surface area contributed by atoms with Crippen LogP contribution in [0, 0.1) is 10.8 Å². The molecule has 0 bridgehead atoms. The Morgan fingerprint density at radius 2 is 1.06 bits per heavy atom. The zero-order valence-corrected chi connectivity index (χ0v) is 28.0. The number of hydrogen-bond acceptors (Lipinski definition) is 10. The Labute approximate surface area is 275 Å². The van der Waals surface area contributed by atoms with Gasteiger partial charge in [0.1, 0.15) is 28.7 Å². The van der Waals surface area contributed by atoms with Gasteiger partial charge in [0.25, 0.3) is 0 Å². The summed E-state index contributed by atoms with van der Waals surface area (Å²) >= 11 is 0. The summed E-state index contributed by atoms with van der Waals surface area (Å²) in [6.07, 6.45) is 3.18. The molecule has 1 saturated carbocycles.